The van der Waals surface area contributed by atoms with Gasteiger partial charge in [-0.2, -0.15) is 0 Å². The summed E-state index contributed by atoms with van der Waals surface area (Å²) < 4.78 is 0. The van der Waals surface area contributed by atoms with E-state index in [4.69, 9.17) is 11.6 Å². The first-order chi connectivity index (χ1) is 14.5. The number of rotatable bonds is 8. The van der Waals surface area contributed by atoms with Crippen LogP contribution in [0.3, 0.4) is 0 Å². The fourth-order valence-corrected chi connectivity index (χ4v) is 3.46. The van der Waals surface area contributed by atoms with Crippen LogP contribution in [0, 0.1) is 0 Å². The standard InChI is InChI=1S/C25H25ClN2O2/c1-18(19-10-4-2-5-11-19)17-27-24(29)16-23(20-12-6-3-7-13-20)28-25(30)21-14-8-9-15-22(21)26/h2-15,18,23H,16-17H2,1H3,(H,27,29)(H,28,30)/t18-,23+/m1/s1. The predicted molar refractivity (Wildman–Crippen MR) is 121 cm³/mol. The Labute approximate surface area is 182 Å². The van der Waals surface area contributed by atoms with Crippen molar-refractivity contribution < 1.29 is 9.59 Å². The number of amides is 2. The molecule has 5 heteroatoms. The van der Waals surface area contributed by atoms with E-state index in [1.165, 1.54) is 5.56 Å². The van der Waals surface area contributed by atoms with Crippen LogP contribution < -0.4 is 10.6 Å². The van der Waals surface area contributed by atoms with Crippen LogP contribution in [0.5, 0.6) is 0 Å². The highest BCUT2D eigenvalue weighted by molar-refractivity contribution is 6.33. The monoisotopic (exact) mass is 420 g/mol. The Morgan fingerprint density at radius 3 is 2.03 bits per heavy atom. The van der Waals surface area contributed by atoms with Gasteiger partial charge in [-0.15, -0.1) is 0 Å². The van der Waals surface area contributed by atoms with Crippen molar-refractivity contribution in [3.05, 3.63) is 107 Å². The third-order valence-corrected chi connectivity index (χ3v) is 5.32. The molecule has 0 spiro atoms. The molecule has 0 aromatic heterocycles. The highest BCUT2D eigenvalue weighted by Gasteiger charge is 2.20. The number of nitrogens with one attached hydrogen (secondary N) is 2. The molecule has 0 aliphatic rings. The lowest BCUT2D eigenvalue weighted by atomic mass is 10.0. The number of hydrogen-bond acceptors (Lipinski definition) is 2. The summed E-state index contributed by atoms with van der Waals surface area (Å²) in [5.74, 6) is -0.228. The first-order valence-corrected chi connectivity index (χ1v) is 10.3. The van der Waals surface area contributed by atoms with Gasteiger partial charge < -0.3 is 10.6 Å². The van der Waals surface area contributed by atoms with Gasteiger partial charge in [-0.3, -0.25) is 9.59 Å². The van der Waals surface area contributed by atoms with Crippen LogP contribution in [0.1, 0.15) is 46.8 Å². The number of carbonyl (C=O) groups is 2. The van der Waals surface area contributed by atoms with E-state index in [1.54, 1.807) is 24.3 Å². The van der Waals surface area contributed by atoms with Gasteiger partial charge in [0.15, 0.2) is 0 Å². The van der Waals surface area contributed by atoms with Crippen molar-refractivity contribution in [2.24, 2.45) is 0 Å². The maximum atomic E-state index is 12.8. The molecule has 0 aliphatic carbocycles. The summed E-state index contributed by atoms with van der Waals surface area (Å²) in [7, 11) is 0. The summed E-state index contributed by atoms with van der Waals surface area (Å²) in [6.45, 7) is 2.60. The van der Waals surface area contributed by atoms with Crippen LogP contribution in [-0.4, -0.2) is 18.4 Å². The Morgan fingerprint density at radius 1 is 0.833 bits per heavy atom. The second kappa shape index (κ2) is 10.6. The summed E-state index contributed by atoms with van der Waals surface area (Å²) >= 11 is 6.16. The van der Waals surface area contributed by atoms with E-state index in [0.717, 1.165) is 5.56 Å². The fraction of sp³-hybridized carbons (Fsp3) is 0.200. The van der Waals surface area contributed by atoms with Crippen LogP contribution in [-0.2, 0) is 4.79 Å². The normalized spacial score (nSPS) is 12.6. The molecule has 0 saturated heterocycles. The molecular formula is C25H25ClN2O2. The van der Waals surface area contributed by atoms with Crippen molar-refractivity contribution in [3.8, 4) is 0 Å². The van der Waals surface area contributed by atoms with Gasteiger partial charge in [-0.25, -0.2) is 0 Å². The maximum Gasteiger partial charge on any atom is 0.253 e. The average Bonchev–Trinajstić information content (AvgIpc) is 2.78. The summed E-state index contributed by atoms with van der Waals surface area (Å²) in [4.78, 5) is 25.4. The smallest absolute Gasteiger partial charge is 0.253 e. The lowest BCUT2D eigenvalue weighted by Gasteiger charge is -2.20. The van der Waals surface area contributed by atoms with Gasteiger partial charge in [0.1, 0.15) is 0 Å². The summed E-state index contributed by atoms with van der Waals surface area (Å²) in [6, 6.07) is 25.9. The van der Waals surface area contributed by atoms with Gasteiger partial charge in [0.05, 0.1) is 23.0 Å². The summed E-state index contributed by atoms with van der Waals surface area (Å²) in [5.41, 5.74) is 2.42. The molecule has 0 unspecified atom stereocenters. The molecular weight excluding hydrogens is 396 g/mol. The topological polar surface area (TPSA) is 58.2 Å². The van der Waals surface area contributed by atoms with E-state index in [9.17, 15) is 9.59 Å². The minimum Gasteiger partial charge on any atom is -0.355 e. The Bertz CT molecular complexity index is 977. The highest BCUT2D eigenvalue weighted by atomic mass is 35.5. The second-order valence-corrected chi connectivity index (χ2v) is 7.64. The van der Waals surface area contributed by atoms with Crippen molar-refractivity contribution in [2.45, 2.75) is 25.3 Å². The Balaban J connectivity index is 1.66. The minimum atomic E-state index is -0.456. The van der Waals surface area contributed by atoms with Gasteiger partial charge in [0.2, 0.25) is 5.91 Å². The van der Waals surface area contributed by atoms with E-state index in [1.807, 2.05) is 60.7 Å². The molecule has 30 heavy (non-hydrogen) atoms. The average molecular weight is 421 g/mol. The zero-order chi connectivity index (χ0) is 21.3. The molecule has 0 saturated carbocycles. The highest BCUT2D eigenvalue weighted by Crippen LogP contribution is 2.20. The molecule has 0 radical (unpaired) electrons. The summed E-state index contributed by atoms with van der Waals surface area (Å²) in [5, 5.41) is 6.32. The van der Waals surface area contributed by atoms with Crippen LogP contribution in [0.4, 0.5) is 0 Å². The second-order valence-electron chi connectivity index (χ2n) is 7.24. The van der Waals surface area contributed by atoms with Crippen molar-refractivity contribution in [3.63, 3.8) is 0 Å². The molecule has 2 N–H and O–H groups in total. The number of benzene rings is 3. The summed E-state index contributed by atoms with van der Waals surface area (Å²) in [6.07, 6.45) is 0.141. The Kier molecular flexibility index (Phi) is 7.63. The maximum absolute atomic E-state index is 12.8. The van der Waals surface area contributed by atoms with Crippen molar-refractivity contribution in [1.82, 2.24) is 10.6 Å². The van der Waals surface area contributed by atoms with Crippen LogP contribution in [0.2, 0.25) is 5.02 Å². The minimum absolute atomic E-state index is 0.119. The molecule has 0 fully saturated rings. The third-order valence-electron chi connectivity index (χ3n) is 4.99. The molecule has 0 heterocycles. The van der Waals surface area contributed by atoms with E-state index in [2.05, 4.69) is 17.6 Å². The molecule has 0 aliphatic heterocycles. The molecule has 4 nitrogen and oxygen atoms in total. The van der Waals surface area contributed by atoms with Crippen LogP contribution in [0.25, 0.3) is 0 Å². The number of halogens is 1. The van der Waals surface area contributed by atoms with Crippen LogP contribution in [0.15, 0.2) is 84.9 Å². The third kappa shape index (κ3) is 5.94. The first kappa shape index (κ1) is 21.6. The predicted octanol–water partition coefficient (Wildman–Crippen LogP) is 5.12. The van der Waals surface area contributed by atoms with E-state index >= 15 is 0 Å². The fourth-order valence-electron chi connectivity index (χ4n) is 3.24. The number of carbonyl (C=O) groups excluding carboxylic acids is 2. The SMILES string of the molecule is C[C@H](CNC(=O)C[C@H](NC(=O)c1ccccc1Cl)c1ccccc1)c1ccccc1. The lowest BCUT2D eigenvalue weighted by molar-refractivity contribution is -0.121. The molecule has 3 rings (SSSR count). The zero-order valence-electron chi connectivity index (χ0n) is 16.8. The molecule has 2 atom stereocenters. The van der Waals surface area contributed by atoms with Gasteiger partial charge in [-0.1, -0.05) is 91.3 Å². The van der Waals surface area contributed by atoms with Gasteiger partial charge in [0, 0.05) is 6.54 Å². The first-order valence-electron chi connectivity index (χ1n) is 9.96. The van der Waals surface area contributed by atoms with Crippen LogP contribution >= 0.6 is 11.6 Å². The lowest BCUT2D eigenvalue weighted by Crippen LogP contribution is -2.35. The van der Waals surface area contributed by atoms with Gasteiger partial charge >= 0.3 is 0 Å². The molecule has 0 bridgehead atoms. The van der Waals surface area contributed by atoms with Crippen molar-refractivity contribution in [2.75, 3.05) is 6.54 Å². The molecule has 2 amide bonds. The molecule has 3 aromatic rings. The van der Waals surface area contributed by atoms with Crippen molar-refractivity contribution >= 4 is 23.4 Å². The largest absolute Gasteiger partial charge is 0.355 e. The Hall–Kier alpha value is -3.11. The van der Waals surface area contributed by atoms with Gasteiger partial charge in [0.25, 0.3) is 5.91 Å². The zero-order valence-corrected chi connectivity index (χ0v) is 17.6. The quantitative estimate of drug-likeness (QED) is 0.531. The van der Waals surface area contributed by atoms with Gasteiger partial charge in [-0.05, 0) is 29.2 Å². The van der Waals surface area contributed by atoms with E-state index < -0.39 is 6.04 Å². The molecule has 3 aromatic carbocycles. The van der Waals surface area contributed by atoms with Crippen molar-refractivity contribution in [1.29, 1.82) is 0 Å². The Morgan fingerprint density at radius 2 is 1.40 bits per heavy atom. The number of hydrogen-bond donors (Lipinski definition) is 2. The van der Waals surface area contributed by atoms with E-state index in [-0.39, 0.29) is 24.2 Å². The van der Waals surface area contributed by atoms with E-state index in [0.29, 0.717) is 17.1 Å². The molecule has 154 valence electrons.